The van der Waals surface area contributed by atoms with E-state index in [2.05, 4.69) is 11.2 Å². The molecule has 104 valence electrons. The minimum absolute atomic E-state index is 0.300. The van der Waals surface area contributed by atoms with Crippen LogP contribution in [0.15, 0.2) is 23.1 Å². The second-order valence-electron chi connectivity index (χ2n) is 3.62. The topological polar surface area (TPSA) is 46.2 Å². The lowest BCUT2D eigenvalue weighted by atomic mass is 10.2. The summed E-state index contributed by atoms with van der Waals surface area (Å²) < 4.78 is 73.0. The number of terminal acetylenes is 1. The van der Waals surface area contributed by atoms with Gasteiger partial charge in [-0.2, -0.15) is 13.2 Å². The van der Waals surface area contributed by atoms with Crippen LogP contribution in [-0.2, 0) is 9.84 Å². The van der Waals surface area contributed by atoms with Crippen LogP contribution in [0.5, 0.6) is 0 Å². The predicted octanol–water partition coefficient (Wildman–Crippen LogP) is 2.55. The second-order valence-corrected chi connectivity index (χ2v) is 5.53. The lowest BCUT2D eigenvalue weighted by molar-refractivity contribution is -0.0435. The van der Waals surface area contributed by atoms with E-state index in [1.165, 1.54) is 6.92 Å². The number of hydrogen-bond acceptors (Lipinski definition) is 3. The number of anilines is 1. The molecular weight excluding hydrogens is 286 g/mol. The van der Waals surface area contributed by atoms with Crippen molar-refractivity contribution in [2.75, 3.05) is 5.32 Å². The van der Waals surface area contributed by atoms with Gasteiger partial charge in [0.1, 0.15) is 10.7 Å². The molecule has 1 N–H and O–H groups in total. The molecule has 0 radical (unpaired) electrons. The van der Waals surface area contributed by atoms with E-state index >= 15 is 0 Å². The molecule has 1 aromatic rings. The normalized spacial score (nSPS) is 13.7. The van der Waals surface area contributed by atoms with Gasteiger partial charge in [0.15, 0.2) is 0 Å². The molecule has 0 aromatic heterocycles. The van der Waals surface area contributed by atoms with E-state index in [1.54, 1.807) is 0 Å². The zero-order valence-electron chi connectivity index (χ0n) is 9.62. The van der Waals surface area contributed by atoms with Gasteiger partial charge in [0.25, 0.3) is 9.84 Å². The number of rotatable bonds is 3. The third-order valence-electron chi connectivity index (χ3n) is 2.16. The van der Waals surface area contributed by atoms with Crippen molar-refractivity contribution in [1.29, 1.82) is 0 Å². The summed E-state index contributed by atoms with van der Waals surface area (Å²) in [6, 6.07) is 1.31. The molecule has 1 unspecified atom stereocenters. The standard InChI is InChI=1S/C11H9F4NO2S/c1-3-7(2)16-9-5-4-8(12)6-10(9)19(17,18)11(13,14)15/h1,4-7,16H,2H3. The average Bonchev–Trinajstić information content (AvgIpc) is 2.29. The molecular formula is C11H9F4NO2S. The molecule has 0 aliphatic rings. The van der Waals surface area contributed by atoms with Gasteiger partial charge in [-0.1, -0.05) is 5.92 Å². The van der Waals surface area contributed by atoms with Crippen LogP contribution < -0.4 is 5.32 Å². The fourth-order valence-electron chi connectivity index (χ4n) is 1.24. The molecule has 0 heterocycles. The number of hydrogen-bond donors (Lipinski definition) is 1. The summed E-state index contributed by atoms with van der Waals surface area (Å²) >= 11 is 0. The van der Waals surface area contributed by atoms with E-state index in [1.807, 2.05) is 0 Å². The van der Waals surface area contributed by atoms with Gasteiger partial charge in [0.05, 0.1) is 11.7 Å². The van der Waals surface area contributed by atoms with Crippen LogP contribution in [0.2, 0.25) is 0 Å². The molecule has 0 aliphatic heterocycles. The smallest absolute Gasteiger partial charge is 0.371 e. The Labute approximate surface area is 107 Å². The zero-order valence-corrected chi connectivity index (χ0v) is 10.4. The van der Waals surface area contributed by atoms with Crippen molar-refractivity contribution < 1.29 is 26.0 Å². The molecule has 0 amide bonds. The van der Waals surface area contributed by atoms with Crippen LogP contribution in [-0.4, -0.2) is 20.0 Å². The maximum absolute atomic E-state index is 13.0. The molecule has 0 fully saturated rings. The molecule has 8 heteroatoms. The molecule has 1 aromatic carbocycles. The lowest BCUT2D eigenvalue weighted by Crippen LogP contribution is -2.25. The summed E-state index contributed by atoms with van der Waals surface area (Å²) in [5, 5.41) is 2.38. The van der Waals surface area contributed by atoms with Gasteiger partial charge < -0.3 is 5.32 Å². The molecule has 3 nitrogen and oxygen atoms in total. The first kappa shape index (κ1) is 15.3. The highest BCUT2D eigenvalue weighted by Gasteiger charge is 2.48. The quantitative estimate of drug-likeness (QED) is 0.688. The monoisotopic (exact) mass is 295 g/mol. The van der Waals surface area contributed by atoms with Crippen molar-refractivity contribution in [3.63, 3.8) is 0 Å². The van der Waals surface area contributed by atoms with Gasteiger partial charge in [0, 0.05) is 0 Å². The van der Waals surface area contributed by atoms with Gasteiger partial charge in [-0.25, -0.2) is 12.8 Å². The molecule has 19 heavy (non-hydrogen) atoms. The van der Waals surface area contributed by atoms with Crippen LogP contribution in [0.25, 0.3) is 0 Å². The minimum atomic E-state index is -5.65. The van der Waals surface area contributed by atoms with Gasteiger partial charge in [-0.05, 0) is 25.1 Å². The van der Waals surface area contributed by atoms with E-state index in [-0.39, 0.29) is 0 Å². The summed E-state index contributed by atoms with van der Waals surface area (Å²) in [4.78, 5) is -1.19. The molecule has 1 rings (SSSR count). The first-order chi connectivity index (χ1) is 8.59. The van der Waals surface area contributed by atoms with Gasteiger partial charge in [-0.15, -0.1) is 6.42 Å². The number of benzene rings is 1. The Hall–Kier alpha value is -1.75. The third-order valence-corrected chi connectivity index (χ3v) is 3.69. The minimum Gasteiger partial charge on any atom is -0.371 e. The number of alkyl halides is 3. The Morgan fingerprint density at radius 3 is 2.42 bits per heavy atom. The van der Waals surface area contributed by atoms with Gasteiger partial charge >= 0.3 is 5.51 Å². The summed E-state index contributed by atoms with van der Waals surface area (Å²) in [5.41, 5.74) is -5.92. The number of halogens is 4. The van der Waals surface area contributed by atoms with E-state index in [0.717, 1.165) is 12.1 Å². The van der Waals surface area contributed by atoms with Crippen LogP contribution in [0, 0.1) is 18.2 Å². The highest BCUT2D eigenvalue weighted by Crippen LogP contribution is 2.34. The van der Waals surface area contributed by atoms with Crippen molar-refractivity contribution in [1.82, 2.24) is 0 Å². The Morgan fingerprint density at radius 2 is 1.95 bits per heavy atom. The van der Waals surface area contributed by atoms with Crippen LogP contribution in [0.4, 0.5) is 23.2 Å². The fraction of sp³-hybridized carbons (Fsp3) is 0.273. The van der Waals surface area contributed by atoms with E-state index in [4.69, 9.17) is 6.42 Å². The Kier molecular flexibility index (Phi) is 4.10. The highest BCUT2D eigenvalue weighted by atomic mass is 32.2. The second kappa shape index (κ2) is 5.09. The predicted molar refractivity (Wildman–Crippen MR) is 61.6 cm³/mol. The summed E-state index contributed by atoms with van der Waals surface area (Å²) in [6.45, 7) is 1.44. The molecule has 0 saturated carbocycles. The van der Waals surface area contributed by atoms with Crippen molar-refractivity contribution in [3.05, 3.63) is 24.0 Å². The van der Waals surface area contributed by atoms with Crippen LogP contribution in [0.3, 0.4) is 0 Å². The van der Waals surface area contributed by atoms with Crippen LogP contribution in [0.1, 0.15) is 6.92 Å². The van der Waals surface area contributed by atoms with Crippen molar-refractivity contribution in [2.24, 2.45) is 0 Å². The largest absolute Gasteiger partial charge is 0.501 e. The van der Waals surface area contributed by atoms with Gasteiger partial charge in [-0.3, -0.25) is 0 Å². The van der Waals surface area contributed by atoms with Crippen molar-refractivity contribution in [2.45, 2.75) is 23.4 Å². The van der Waals surface area contributed by atoms with Crippen molar-refractivity contribution in [3.8, 4) is 12.3 Å². The Morgan fingerprint density at radius 1 is 1.37 bits per heavy atom. The van der Waals surface area contributed by atoms with E-state index in [0.29, 0.717) is 6.07 Å². The SMILES string of the molecule is C#CC(C)Nc1ccc(F)cc1S(=O)(=O)C(F)(F)F. The maximum Gasteiger partial charge on any atom is 0.501 e. The van der Waals surface area contributed by atoms with Crippen molar-refractivity contribution >= 4 is 15.5 Å². The first-order valence-corrected chi connectivity index (χ1v) is 6.41. The molecule has 0 aliphatic carbocycles. The Bertz CT molecular complexity index is 617. The molecule has 0 bridgehead atoms. The van der Waals surface area contributed by atoms with E-state index in [9.17, 15) is 26.0 Å². The molecule has 0 saturated heterocycles. The maximum atomic E-state index is 13.0. The number of sulfone groups is 1. The summed E-state index contributed by atoms with van der Waals surface area (Å²) in [6.07, 6.45) is 5.04. The lowest BCUT2D eigenvalue weighted by Gasteiger charge is -2.15. The third kappa shape index (κ3) is 3.17. The summed E-state index contributed by atoms with van der Waals surface area (Å²) in [5.74, 6) is 1.07. The van der Waals surface area contributed by atoms with Gasteiger partial charge in [0.2, 0.25) is 0 Å². The average molecular weight is 295 g/mol. The fourth-order valence-corrected chi connectivity index (χ4v) is 2.17. The zero-order chi connectivity index (χ0) is 14.8. The van der Waals surface area contributed by atoms with Crippen LogP contribution >= 0.6 is 0 Å². The molecule has 1 atom stereocenters. The van der Waals surface area contributed by atoms with E-state index < -0.39 is 37.8 Å². The number of nitrogens with one attached hydrogen (secondary N) is 1. The highest BCUT2D eigenvalue weighted by molar-refractivity contribution is 7.92. The first-order valence-electron chi connectivity index (χ1n) is 4.93. The molecule has 0 spiro atoms. The Balaban J connectivity index is 3.43. The summed E-state index contributed by atoms with van der Waals surface area (Å²) in [7, 11) is -5.65.